The molecule has 1 saturated heterocycles. The summed E-state index contributed by atoms with van der Waals surface area (Å²) in [5.74, 6) is 0. The first-order chi connectivity index (χ1) is 7.71. The van der Waals surface area contributed by atoms with Crippen molar-refractivity contribution >= 4 is 14.6 Å². The third-order valence-corrected chi connectivity index (χ3v) is 8.54. The van der Waals surface area contributed by atoms with Crippen LogP contribution in [0.3, 0.4) is 0 Å². The zero-order chi connectivity index (χ0) is 13.3. The molecule has 0 aromatic carbocycles. The minimum atomic E-state index is -1.77. The highest BCUT2D eigenvalue weighted by molar-refractivity contribution is 6.74. The third kappa shape index (κ3) is 3.39. The van der Waals surface area contributed by atoms with Crippen molar-refractivity contribution in [3.63, 3.8) is 0 Å². The summed E-state index contributed by atoms with van der Waals surface area (Å²) in [5.41, 5.74) is 0. The average molecular weight is 258 g/mol. The van der Waals surface area contributed by atoms with Gasteiger partial charge in [0.2, 0.25) is 0 Å². The Bertz CT molecular complexity index is 270. The van der Waals surface area contributed by atoms with Crippen molar-refractivity contribution in [2.75, 3.05) is 0 Å². The number of carbonyl (C=O) groups is 1. The second kappa shape index (κ2) is 5.20. The average Bonchev–Trinajstić information content (AvgIpc) is 2.58. The molecule has 0 spiro atoms. The Balaban J connectivity index is 2.70. The lowest BCUT2D eigenvalue weighted by molar-refractivity contribution is -0.117. The van der Waals surface area contributed by atoms with Gasteiger partial charge >= 0.3 is 0 Å². The number of hydrogen-bond acceptors (Lipinski definition) is 3. The lowest BCUT2D eigenvalue weighted by Gasteiger charge is -2.39. The second-order valence-electron chi connectivity index (χ2n) is 6.41. The van der Waals surface area contributed by atoms with Crippen LogP contribution in [0, 0.1) is 0 Å². The first kappa shape index (κ1) is 14.9. The molecule has 0 unspecified atom stereocenters. The van der Waals surface area contributed by atoms with Crippen LogP contribution in [0.5, 0.6) is 0 Å². The highest BCUT2D eigenvalue weighted by Gasteiger charge is 2.43. The molecule has 1 aliphatic heterocycles. The fraction of sp³-hybridized carbons (Fsp3) is 0.923. The highest BCUT2D eigenvalue weighted by atomic mass is 28.4. The summed E-state index contributed by atoms with van der Waals surface area (Å²) in [5, 5.41) is 0.199. The van der Waals surface area contributed by atoms with E-state index in [1.54, 1.807) is 0 Å². The van der Waals surface area contributed by atoms with E-state index in [1.165, 1.54) is 0 Å². The molecule has 1 rings (SSSR count). The molecule has 0 amide bonds. The Morgan fingerprint density at radius 1 is 1.41 bits per heavy atom. The van der Waals surface area contributed by atoms with Gasteiger partial charge in [-0.25, -0.2) is 0 Å². The minimum absolute atomic E-state index is 0.0827. The van der Waals surface area contributed by atoms with Gasteiger partial charge in [-0.1, -0.05) is 27.7 Å². The maximum atomic E-state index is 10.8. The van der Waals surface area contributed by atoms with Crippen LogP contribution in [0.4, 0.5) is 0 Å². The number of ether oxygens (including phenoxy) is 1. The van der Waals surface area contributed by atoms with Gasteiger partial charge < -0.3 is 14.0 Å². The van der Waals surface area contributed by atoms with Crippen molar-refractivity contribution in [2.24, 2.45) is 0 Å². The minimum Gasteiger partial charge on any atom is -0.411 e. The highest BCUT2D eigenvalue weighted by Crippen LogP contribution is 2.39. The van der Waals surface area contributed by atoms with Gasteiger partial charge in [-0.15, -0.1) is 0 Å². The van der Waals surface area contributed by atoms with Gasteiger partial charge in [-0.2, -0.15) is 0 Å². The molecule has 0 N–H and O–H groups in total. The predicted molar refractivity (Wildman–Crippen MR) is 71.7 cm³/mol. The van der Waals surface area contributed by atoms with Crippen molar-refractivity contribution < 1.29 is 14.0 Å². The van der Waals surface area contributed by atoms with Crippen LogP contribution < -0.4 is 0 Å². The molecule has 4 heteroatoms. The molecule has 0 bridgehead atoms. The predicted octanol–water partition coefficient (Wildman–Crippen LogP) is 3.14. The summed E-state index contributed by atoms with van der Waals surface area (Å²) in [6.07, 6.45) is 2.43. The molecular weight excluding hydrogens is 232 g/mol. The number of carbonyl (C=O) groups excluding carboxylic acids is 1. The topological polar surface area (TPSA) is 35.5 Å². The Labute approximate surface area is 106 Å². The maximum Gasteiger partial charge on any atom is 0.192 e. The molecule has 100 valence electrons. The van der Waals surface area contributed by atoms with Crippen LogP contribution in [0.2, 0.25) is 18.1 Å². The van der Waals surface area contributed by atoms with Crippen LogP contribution in [-0.4, -0.2) is 32.9 Å². The molecule has 0 aromatic rings. The fourth-order valence-electron chi connectivity index (χ4n) is 1.87. The van der Waals surface area contributed by atoms with E-state index in [2.05, 4.69) is 40.8 Å². The summed E-state index contributed by atoms with van der Waals surface area (Å²) in [6.45, 7) is 13.3. The molecule has 0 radical (unpaired) electrons. The molecule has 17 heavy (non-hydrogen) atoms. The van der Waals surface area contributed by atoms with Gasteiger partial charge in [0.25, 0.3) is 0 Å². The third-order valence-electron chi connectivity index (χ3n) is 4.04. The number of hydrogen-bond donors (Lipinski definition) is 0. The van der Waals surface area contributed by atoms with Crippen molar-refractivity contribution in [1.29, 1.82) is 0 Å². The second-order valence-corrected chi connectivity index (χ2v) is 11.2. The standard InChI is InChI=1S/C13H26O3Si/c1-7-11-12(8-10(9-14)15-11)16-17(5,6)13(2,3)4/h9-12H,7-8H2,1-6H3/t10-,11-,12-/m1/s1. The summed E-state index contributed by atoms with van der Waals surface area (Å²) >= 11 is 0. The largest absolute Gasteiger partial charge is 0.411 e. The van der Waals surface area contributed by atoms with E-state index >= 15 is 0 Å². The van der Waals surface area contributed by atoms with Gasteiger partial charge in [-0.3, -0.25) is 0 Å². The van der Waals surface area contributed by atoms with Crippen LogP contribution in [0.25, 0.3) is 0 Å². The maximum absolute atomic E-state index is 10.8. The Morgan fingerprint density at radius 2 is 2.00 bits per heavy atom. The molecule has 1 heterocycles. The lowest BCUT2D eigenvalue weighted by atomic mass is 10.1. The van der Waals surface area contributed by atoms with E-state index in [9.17, 15) is 4.79 Å². The van der Waals surface area contributed by atoms with E-state index in [1.807, 2.05) is 0 Å². The molecule has 1 fully saturated rings. The lowest BCUT2D eigenvalue weighted by Crippen LogP contribution is -2.45. The van der Waals surface area contributed by atoms with E-state index < -0.39 is 8.32 Å². The Kier molecular flexibility index (Phi) is 4.55. The summed E-state index contributed by atoms with van der Waals surface area (Å²) in [6, 6.07) is 0. The normalized spacial score (nSPS) is 30.6. The van der Waals surface area contributed by atoms with Gasteiger partial charge in [0.15, 0.2) is 8.32 Å². The molecule has 0 aliphatic carbocycles. The van der Waals surface area contributed by atoms with Crippen molar-refractivity contribution in [2.45, 2.75) is 77.0 Å². The van der Waals surface area contributed by atoms with Crippen LogP contribution in [-0.2, 0) is 14.0 Å². The zero-order valence-corrected chi connectivity index (χ0v) is 12.9. The molecule has 3 atom stereocenters. The number of aldehydes is 1. The quantitative estimate of drug-likeness (QED) is 0.574. The van der Waals surface area contributed by atoms with Gasteiger partial charge in [0.05, 0.1) is 12.2 Å². The Morgan fingerprint density at radius 3 is 2.41 bits per heavy atom. The number of rotatable bonds is 4. The van der Waals surface area contributed by atoms with Crippen molar-refractivity contribution in [1.82, 2.24) is 0 Å². The van der Waals surface area contributed by atoms with Gasteiger partial charge in [0, 0.05) is 6.42 Å². The summed E-state index contributed by atoms with van der Waals surface area (Å²) in [4.78, 5) is 10.8. The zero-order valence-electron chi connectivity index (χ0n) is 11.9. The van der Waals surface area contributed by atoms with E-state index in [0.717, 1.165) is 12.7 Å². The first-order valence-corrected chi connectivity index (χ1v) is 9.40. The fourth-order valence-corrected chi connectivity index (χ4v) is 3.23. The van der Waals surface area contributed by atoms with E-state index in [0.29, 0.717) is 6.42 Å². The van der Waals surface area contributed by atoms with Crippen LogP contribution >= 0.6 is 0 Å². The van der Waals surface area contributed by atoms with Crippen LogP contribution in [0.15, 0.2) is 0 Å². The smallest absolute Gasteiger partial charge is 0.192 e. The molecule has 0 aromatic heterocycles. The van der Waals surface area contributed by atoms with E-state index in [4.69, 9.17) is 9.16 Å². The first-order valence-electron chi connectivity index (χ1n) is 6.50. The SMILES string of the molecule is CC[C@H]1O[C@@H](C=O)C[C@H]1O[Si](C)(C)C(C)(C)C. The molecule has 1 aliphatic rings. The molecule has 0 saturated carbocycles. The van der Waals surface area contributed by atoms with Crippen molar-refractivity contribution in [3.05, 3.63) is 0 Å². The van der Waals surface area contributed by atoms with Gasteiger partial charge in [-0.05, 0) is 24.6 Å². The monoisotopic (exact) mass is 258 g/mol. The summed E-state index contributed by atoms with van der Waals surface area (Å²) in [7, 11) is -1.77. The summed E-state index contributed by atoms with van der Waals surface area (Å²) < 4.78 is 12.0. The molecule has 3 nitrogen and oxygen atoms in total. The van der Waals surface area contributed by atoms with Crippen LogP contribution in [0.1, 0.15) is 40.5 Å². The molecular formula is C13H26O3Si. The van der Waals surface area contributed by atoms with Crippen molar-refractivity contribution in [3.8, 4) is 0 Å². The van der Waals surface area contributed by atoms with E-state index in [-0.39, 0.29) is 23.4 Å². The van der Waals surface area contributed by atoms with Gasteiger partial charge in [0.1, 0.15) is 12.4 Å². The Hall–Kier alpha value is -0.193.